The Morgan fingerprint density at radius 3 is 2.65 bits per heavy atom. The maximum atomic E-state index is 11.8. The lowest BCUT2D eigenvalue weighted by atomic mass is 9.84. The molecular formula is C15H31N3O2. The molecule has 5 nitrogen and oxygen atoms in total. The second-order valence-corrected chi connectivity index (χ2v) is 6.36. The van der Waals surface area contributed by atoms with Gasteiger partial charge in [-0.25, -0.2) is 0 Å². The van der Waals surface area contributed by atoms with Crippen LogP contribution in [0.25, 0.3) is 0 Å². The fourth-order valence-electron chi connectivity index (χ4n) is 2.41. The van der Waals surface area contributed by atoms with Crippen LogP contribution in [0.15, 0.2) is 0 Å². The molecule has 1 amide bonds. The molecular weight excluding hydrogens is 254 g/mol. The van der Waals surface area contributed by atoms with Gasteiger partial charge < -0.3 is 15.8 Å². The summed E-state index contributed by atoms with van der Waals surface area (Å²) in [5.41, 5.74) is 5.74. The third kappa shape index (κ3) is 7.82. The molecule has 1 aliphatic rings. The van der Waals surface area contributed by atoms with Gasteiger partial charge >= 0.3 is 0 Å². The summed E-state index contributed by atoms with van der Waals surface area (Å²) in [5, 5.41) is 3.01. The van der Waals surface area contributed by atoms with Gasteiger partial charge in [0.2, 0.25) is 5.91 Å². The van der Waals surface area contributed by atoms with Crippen molar-refractivity contribution < 1.29 is 9.53 Å². The number of hydrogen-bond donors (Lipinski definition) is 2. The Morgan fingerprint density at radius 1 is 1.30 bits per heavy atom. The van der Waals surface area contributed by atoms with Gasteiger partial charge in [0.1, 0.15) is 0 Å². The molecule has 0 spiro atoms. The highest BCUT2D eigenvalue weighted by Crippen LogP contribution is 2.25. The van der Waals surface area contributed by atoms with E-state index in [1.807, 2.05) is 0 Å². The van der Waals surface area contributed by atoms with E-state index in [-0.39, 0.29) is 11.3 Å². The van der Waals surface area contributed by atoms with Crippen LogP contribution >= 0.6 is 0 Å². The third-order valence-corrected chi connectivity index (χ3v) is 3.93. The van der Waals surface area contributed by atoms with Crippen molar-refractivity contribution in [2.24, 2.45) is 11.1 Å². The van der Waals surface area contributed by atoms with E-state index in [4.69, 9.17) is 10.5 Å². The molecule has 20 heavy (non-hydrogen) atoms. The van der Waals surface area contributed by atoms with E-state index < -0.39 is 0 Å². The molecule has 0 aliphatic carbocycles. The first-order valence-electron chi connectivity index (χ1n) is 7.80. The van der Waals surface area contributed by atoms with E-state index in [2.05, 4.69) is 24.1 Å². The fourth-order valence-corrected chi connectivity index (χ4v) is 2.41. The number of morpholine rings is 1. The third-order valence-electron chi connectivity index (χ3n) is 3.93. The zero-order chi connectivity index (χ0) is 14.8. The minimum Gasteiger partial charge on any atom is -0.379 e. The zero-order valence-electron chi connectivity index (χ0n) is 13.1. The van der Waals surface area contributed by atoms with Crippen molar-refractivity contribution in [3.05, 3.63) is 0 Å². The Hall–Kier alpha value is -0.650. The summed E-state index contributed by atoms with van der Waals surface area (Å²) in [6.07, 6.45) is 3.49. The Labute approximate surface area is 123 Å². The molecule has 0 aromatic carbocycles. The first-order valence-corrected chi connectivity index (χ1v) is 7.80. The number of ether oxygens (including phenoxy) is 1. The number of carbonyl (C=O) groups excluding carboxylic acids is 1. The summed E-state index contributed by atoms with van der Waals surface area (Å²) in [7, 11) is 0. The highest BCUT2D eigenvalue weighted by atomic mass is 16.5. The van der Waals surface area contributed by atoms with Gasteiger partial charge in [0.25, 0.3) is 0 Å². The number of nitrogens with two attached hydrogens (primary N) is 1. The summed E-state index contributed by atoms with van der Waals surface area (Å²) in [6, 6.07) is 0. The van der Waals surface area contributed by atoms with Crippen LogP contribution in [0.1, 0.15) is 39.5 Å². The van der Waals surface area contributed by atoms with Gasteiger partial charge in [-0.3, -0.25) is 9.69 Å². The molecule has 1 fully saturated rings. The van der Waals surface area contributed by atoms with E-state index in [0.717, 1.165) is 58.7 Å². The Kier molecular flexibility index (Phi) is 8.11. The minimum atomic E-state index is 0.164. The van der Waals surface area contributed by atoms with E-state index in [9.17, 15) is 4.79 Å². The molecule has 1 aliphatic heterocycles. The largest absolute Gasteiger partial charge is 0.379 e. The summed E-state index contributed by atoms with van der Waals surface area (Å²) in [5.74, 6) is 0.164. The van der Waals surface area contributed by atoms with Crippen LogP contribution in [0.4, 0.5) is 0 Å². The Balaban J connectivity index is 2.02. The zero-order valence-corrected chi connectivity index (χ0v) is 13.1. The van der Waals surface area contributed by atoms with Crippen molar-refractivity contribution in [2.45, 2.75) is 39.5 Å². The SMILES string of the molecule is CC(C)(CCN)CCC(=O)NCCCN1CCOCC1. The molecule has 5 heteroatoms. The standard InChI is InChI=1S/C15H31N3O2/c1-15(2,6-7-16)5-4-14(19)17-8-3-9-18-10-12-20-13-11-18/h3-13,16H2,1-2H3,(H,17,19). The minimum absolute atomic E-state index is 0.164. The molecule has 0 saturated carbocycles. The van der Waals surface area contributed by atoms with E-state index in [1.54, 1.807) is 0 Å². The predicted molar refractivity (Wildman–Crippen MR) is 81.6 cm³/mol. The van der Waals surface area contributed by atoms with Crippen LogP contribution < -0.4 is 11.1 Å². The summed E-state index contributed by atoms with van der Waals surface area (Å²) in [4.78, 5) is 14.2. The van der Waals surface area contributed by atoms with Crippen LogP contribution in [0, 0.1) is 5.41 Å². The van der Waals surface area contributed by atoms with Gasteiger partial charge in [-0.2, -0.15) is 0 Å². The number of amides is 1. The Morgan fingerprint density at radius 2 is 2.00 bits per heavy atom. The summed E-state index contributed by atoms with van der Waals surface area (Å²) < 4.78 is 5.31. The molecule has 1 heterocycles. The summed E-state index contributed by atoms with van der Waals surface area (Å²) in [6.45, 7) is 10.6. The van der Waals surface area contributed by atoms with Crippen LogP contribution in [-0.4, -0.2) is 56.7 Å². The number of nitrogens with one attached hydrogen (secondary N) is 1. The van der Waals surface area contributed by atoms with Crippen molar-refractivity contribution in [2.75, 3.05) is 45.9 Å². The number of rotatable bonds is 9. The van der Waals surface area contributed by atoms with Gasteiger partial charge in [-0.1, -0.05) is 13.8 Å². The molecule has 0 aromatic rings. The smallest absolute Gasteiger partial charge is 0.220 e. The lowest BCUT2D eigenvalue weighted by Gasteiger charge is -2.26. The van der Waals surface area contributed by atoms with Crippen molar-refractivity contribution in [3.8, 4) is 0 Å². The van der Waals surface area contributed by atoms with Crippen molar-refractivity contribution in [1.82, 2.24) is 10.2 Å². The summed E-state index contributed by atoms with van der Waals surface area (Å²) >= 11 is 0. The molecule has 0 atom stereocenters. The van der Waals surface area contributed by atoms with Crippen LogP contribution in [0.5, 0.6) is 0 Å². The maximum absolute atomic E-state index is 11.8. The predicted octanol–water partition coefficient (Wildman–Crippen LogP) is 0.980. The van der Waals surface area contributed by atoms with Gasteiger partial charge in [0, 0.05) is 26.1 Å². The van der Waals surface area contributed by atoms with Gasteiger partial charge in [0.05, 0.1) is 13.2 Å². The monoisotopic (exact) mass is 285 g/mol. The van der Waals surface area contributed by atoms with Crippen molar-refractivity contribution in [1.29, 1.82) is 0 Å². The van der Waals surface area contributed by atoms with E-state index in [1.165, 1.54) is 0 Å². The lowest BCUT2D eigenvalue weighted by Crippen LogP contribution is -2.38. The highest BCUT2D eigenvalue weighted by molar-refractivity contribution is 5.75. The van der Waals surface area contributed by atoms with Crippen molar-refractivity contribution >= 4 is 5.91 Å². The molecule has 0 aromatic heterocycles. The second kappa shape index (κ2) is 9.32. The first kappa shape index (κ1) is 17.4. The topological polar surface area (TPSA) is 67.6 Å². The fraction of sp³-hybridized carbons (Fsp3) is 0.933. The first-order chi connectivity index (χ1) is 9.53. The van der Waals surface area contributed by atoms with Crippen LogP contribution in [0.2, 0.25) is 0 Å². The Bertz CT molecular complexity index is 276. The van der Waals surface area contributed by atoms with Crippen molar-refractivity contribution in [3.63, 3.8) is 0 Å². The lowest BCUT2D eigenvalue weighted by molar-refractivity contribution is -0.121. The molecule has 0 unspecified atom stereocenters. The van der Waals surface area contributed by atoms with Crippen LogP contribution in [-0.2, 0) is 9.53 Å². The highest BCUT2D eigenvalue weighted by Gasteiger charge is 2.18. The second-order valence-electron chi connectivity index (χ2n) is 6.36. The van der Waals surface area contributed by atoms with Crippen LogP contribution in [0.3, 0.4) is 0 Å². The number of hydrogen-bond acceptors (Lipinski definition) is 4. The maximum Gasteiger partial charge on any atom is 0.220 e. The number of nitrogens with zero attached hydrogens (tertiary/aromatic N) is 1. The van der Waals surface area contributed by atoms with E-state index in [0.29, 0.717) is 13.0 Å². The molecule has 0 radical (unpaired) electrons. The molecule has 0 bridgehead atoms. The molecule has 1 saturated heterocycles. The normalized spacial score (nSPS) is 17.1. The average molecular weight is 285 g/mol. The molecule has 118 valence electrons. The quantitative estimate of drug-likeness (QED) is 0.620. The van der Waals surface area contributed by atoms with Gasteiger partial charge in [-0.05, 0) is 37.8 Å². The number of carbonyl (C=O) groups is 1. The molecule has 3 N–H and O–H groups in total. The molecule has 1 rings (SSSR count). The van der Waals surface area contributed by atoms with Gasteiger partial charge in [-0.15, -0.1) is 0 Å². The van der Waals surface area contributed by atoms with E-state index >= 15 is 0 Å². The van der Waals surface area contributed by atoms with Gasteiger partial charge in [0.15, 0.2) is 0 Å². The average Bonchev–Trinajstić information content (AvgIpc) is 2.43.